The number of ether oxygens (including phenoxy) is 1. The molecule has 0 aliphatic carbocycles. The van der Waals surface area contributed by atoms with Gasteiger partial charge in [0.15, 0.2) is 0 Å². The van der Waals surface area contributed by atoms with Crippen LogP contribution in [0.3, 0.4) is 0 Å². The minimum atomic E-state index is 0.685. The summed E-state index contributed by atoms with van der Waals surface area (Å²) in [6.45, 7) is 2.65. The summed E-state index contributed by atoms with van der Waals surface area (Å²) < 4.78 is 7.22. The summed E-state index contributed by atoms with van der Waals surface area (Å²) in [5, 5.41) is 0. The van der Waals surface area contributed by atoms with Crippen LogP contribution >= 0.6 is 0 Å². The summed E-state index contributed by atoms with van der Waals surface area (Å²) >= 11 is 0. The van der Waals surface area contributed by atoms with Crippen LogP contribution in [0.15, 0.2) is 30.9 Å². The lowest BCUT2D eigenvalue weighted by Crippen LogP contribution is -2.03. The third-order valence-corrected chi connectivity index (χ3v) is 2.18. The summed E-state index contributed by atoms with van der Waals surface area (Å²) in [5.41, 5.74) is 1.92. The second-order valence-corrected chi connectivity index (χ2v) is 3.34. The van der Waals surface area contributed by atoms with E-state index < -0.39 is 0 Å². The molecule has 2 rings (SSSR count). The van der Waals surface area contributed by atoms with Crippen molar-refractivity contribution in [2.75, 3.05) is 7.11 Å². The first-order valence-electron chi connectivity index (χ1n) is 4.76. The van der Waals surface area contributed by atoms with E-state index in [1.54, 1.807) is 19.6 Å². The zero-order chi connectivity index (χ0) is 10.7. The molecule has 0 aliphatic heterocycles. The lowest BCUT2D eigenvalue weighted by atomic mass is 10.3. The van der Waals surface area contributed by atoms with Gasteiger partial charge in [0.25, 0.3) is 0 Å². The standard InChI is InChI=1S/C11H13N3O/c1-9-3-4-11(15-2)10(13-9)7-14-6-5-12-8-14/h3-6,8H,7H2,1-2H3. The molecule has 0 saturated carbocycles. The van der Waals surface area contributed by atoms with Gasteiger partial charge >= 0.3 is 0 Å². The first-order valence-corrected chi connectivity index (χ1v) is 4.76. The van der Waals surface area contributed by atoms with Crippen LogP contribution in [0.2, 0.25) is 0 Å². The van der Waals surface area contributed by atoms with Gasteiger partial charge < -0.3 is 9.30 Å². The second kappa shape index (κ2) is 4.13. The number of imidazole rings is 1. The van der Waals surface area contributed by atoms with Gasteiger partial charge in [-0.2, -0.15) is 0 Å². The van der Waals surface area contributed by atoms with Gasteiger partial charge in [0.05, 0.1) is 20.0 Å². The number of rotatable bonds is 3. The van der Waals surface area contributed by atoms with Crippen molar-refractivity contribution in [3.05, 3.63) is 42.2 Å². The predicted molar refractivity (Wildman–Crippen MR) is 56.9 cm³/mol. The van der Waals surface area contributed by atoms with Crippen LogP contribution in [-0.2, 0) is 6.54 Å². The molecule has 15 heavy (non-hydrogen) atoms. The molecule has 0 amide bonds. The van der Waals surface area contributed by atoms with E-state index in [0.29, 0.717) is 6.54 Å². The summed E-state index contributed by atoms with van der Waals surface area (Å²) in [6, 6.07) is 3.88. The highest BCUT2D eigenvalue weighted by Crippen LogP contribution is 2.17. The molecule has 0 saturated heterocycles. The molecule has 0 fully saturated rings. The first-order chi connectivity index (χ1) is 7.29. The molecule has 78 valence electrons. The maximum absolute atomic E-state index is 5.25. The normalized spacial score (nSPS) is 10.3. The van der Waals surface area contributed by atoms with Crippen LogP contribution in [0.1, 0.15) is 11.4 Å². The molecule has 0 radical (unpaired) electrons. The Kier molecular flexibility index (Phi) is 2.67. The van der Waals surface area contributed by atoms with Crippen molar-refractivity contribution in [3.63, 3.8) is 0 Å². The maximum atomic E-state index is 5.25. The molecule has 0 bridgehead atoms. The number of aryl methyl sites for hydroxylation is 1. The highest BCUT2D eigenvalue weighted by Gasteiger charge is 2.05. The van der Waals surface area contributed by atoms with Crippen LogP contribution in [0.25, 0.3) is 0 Å². The summed E-state index contributed by atoms with van der Waals surface area (Å²) in [6.07, 6.45) is 5.43. The maximum Gasteiger partial charge on any atom is 0.142 e. The molecule has 0 atom stereocenters. The average molecular weight is 203 g/mol. The molecule has 4 heteroatoms. The topological polar surface area (TPSA) is 39.9 Å². The van der Waals surface area contributed by atoms with Crippen molar-refractivity contribution in [2.24, 2.45) is 0 Å². The molecular weight excluding hydrogens is 190 g/mol. The van der Waals surface area contributed by atoms with Crippen LogP contribution in [0.5, 0.6) is 5.75 Å². The highest BCUT2D eigenvalue weighted by molar-refractivity contribution is 5.29. The van der Waals surface area contributed by atoms with Gasteiger partial charge in [-0.3, -0.25) is 4.98 Å². The summed E-state index contributed by atoms with van der Waals surface area (Å²) in [5.74, 6) is 0.814. The zero-order valence-corrected chi connectivity index (χ0v) is 8.84. The predicted octanol–water partition coefficient (Wildman–Crippen LogP) is 1.64. The Morgan fingerprint density at radius 2 is 2.27 bits per heavy atom. The van der Waals surface area contributed by atoms with Gasteiger partial charge in [-0.15, -0.1) is 0 Å². The van der Waals surface area contributed by atoms with Crippen LogP contribution in [0.4, 0.5) is 0 Å². The molecule has 2 heterocycles. The Morgan fingerprint density at radius 1 is 1.40 bits per heavy atom. The SMILES string of the molecule is COc1ccc(C)nc1Cn1ccnc1. The van der Waals surface area contributed by atoms with E-state index in [1.165, 1.54) is 0 Å². The Bertz CT molecular complexity index is 437. The van der Waals surface area contributed by atoms with Crippen LogP contribution < -0.4 is 4.74 Å². The van der Waals surface area contributed by atoms with Gasteiger partial charge in [0.1, 0.15) is 11.4 Å². The van der Waals surface area contributed by atoms with E-state index in [0.717, 1.165) is 17.1 Å². The molecule has 0 aromatic carbocycles. The Hall–Kier alpha value is -1.84. The van der Waals surface area contributed by atoms with E-state index in [1.807, 2.05) is 29.8 Å². The number of aromatic nitrogens is 3. The largest absolute Gasteiger partial charge is 0.495 e. The summed E-state index contributed by atoms with van der Waals surface area (Å²) in [4.78, 5) is 8.44. The molecule has 0 unspecified atom stereocenters. The van der Waals surface area contributed by atoms with Gasteiger partial charge in [0, 0.05) is 18.1 Å². The zero-order valence-electron chi connectivity index (χ0n) is 8.84. The third-order valence-electron chi connectivity index (χ3n) is 2.18. The Morgan fingerprint density at radius 3 is 2.93 bits per heavy atom. The number of pyridine rings is 1. The van der Waals surface area contributed by atoms with E-state index in [-0.39, 0.29) is 0 Å². The van der Waals surface area contributed by atoms with E-state index in [2.05, 4.69) is 9.97 Å². The fourth-order valence-corrected chi connectivity index (χ4v) is 1.45. The molecule has 0 spiro atoms. The molecule has 2 aromatic rings. The van der Waals surface area contributed by atoms with Crippen molar-refractivity contribution < 1.29 is 4.74 Å². The minimum absolute atomic E-state index is 0.685. The quantitative estimate of drug-likeness (QED) is 0.761. The Balaban J connectivity index is 2.30. The van der Waals surface area contributed by atoms with Gasteiger partial charge in [-0.1, -0.05) is 0 Å². The van der Waals surface area contributed by atoms with E-state index in [4.69, 9.17) is 4.74 Å². The van der Waals surface area contributed by atoms with E-state index >= 15 is 0 Å². The monoisotopic (exact) mass is 203 g/mol. The third kappa shape index (κ3) is 2.15. The van der Waals surface area contributed by atoms with Gasteiger partial charge in [-0.25, -0.2) is 4.98 Å². The number of methoxy groups -OCH3 is 1. The second-order valence-electron chi connectivity index (χ2n) is 3.34. The average Bonchev–Trinajstić information content (AvgIpc) is 2.71. The fourth-order valence-electron chi connectivity index (χ4n) is 1.45. The molecular formula is C11H13N3O. The van der Waals surface area contributed by atoms with Crippen LogP contribution in [0, 0.1) is 6.92 Å². The van der Waals surface area contributed by atoms with Crippen molar-refractivity contribution in [1.29, 1.82) is 0 Å². The number of hydrogen-bond acceptors (Lipinski definition) is 3. The van der Waals surface area contributed by atoms with E-state index in [9.17, 15) is 0 Å². The number of nitrogens with zero attached hydrogens (tertiary/aromatic N) is 3. The van der Waals surface area contributed by atoms with Crippen LogP contribution in [-0.4, -0.2) is 21.6 Å². The van der Waals surface area contributed by atoms with Crippen molar-refractivity contribution in [2.45, 2.75) is 13.5 Å². The molecule has 4 nitrogen and oxygen atoms in total. The van der Waals surface area contributed by atoms with Crippen molar-refractivity contribution >= 4 is 0 Å². The molecule has 0 aliphatic rings. The Labute approximate surface area is 88.6 Å². The van der Waals surface area contributed by atoms with Gasteiger partial charge in [-0.05, 0) is 19.1 Å². The van der Waals surface area contributed by atoms with Gasteiger partial charge in [0.2, 0.25) is 0 Å². The minimum Gasteiger partial charge on any atom is -0.495 e. The first kappa shape index (κ1) is 9.71. The van der Waals surface area contributed by atoms with Crippen molar-refractivity contribution in [3.8, 4) is 5.75 Å². The fraction of sp³-hybridized carbons (Fsp3) is 0.273. The lowest BCUT2D eigenvalue weighted by Gasteiger charge is -2.08. The van der Waals surface area contributed by atoms with Crippen molar-refractivity contribution in [1.82, 2.24) is 14.5 Å². The number of hydrogen-bond donors (Lipinski definition) is 0. The molecule has 2 aromatic heterocycles. The smallest absolute Gasteiger partial charge is 0.142 e. The molecule has 0 N–H and O–H groups in total. The highest BCUT2D eigenvalue weighted by atomic mass is 16.5. The lowest BCUT2D eigenvalue weighted by molar-refractivity contribution is 0.405. The summed E-state index contributed by atoms with van der Waals surface area (Å²) in [7, 11) is 1.66.